The molecule has 0 atom stereocenters. The SMILES string of the molecule is CCN(Cc1cc(=O)n2nc(C3CCCCC3)sc2n1)c1cccc(C)c1. The van der Waals surface area contributed by atoms with Crippen LogP contribution in [0.3, 0.4) is 0 Å². The van der Waals surface area contributed by atoms with Crippen molar-refractivity contribution in [1.29, 1.82) is 0 Å². The van der Waals surface area contributed by atoms with Crippen LogP contribution in [0.5, 0.6) is 0 Å². The lowest BCUT2D eigenvalue weighted by molar-refractivity contribution is 0.439. The second-order valence-corrected chi connectivity index (χ2v) is 8.40. The summed E-state index contributed by atoms with van der Waals surface area (Å²) in [5.74, 6) is 0.493. The summed E-state index contributed by atoms with van der Waals surface area (Å²) in [5.41, 5.74) is 3.12. The first-order valence-corrected chi connectivity index (χ1v) is 10.7. The molecule has 0 amide bonds. The van der Waals surface area contributed by atoms with Crippen molar-refractivity contribution < 1.29 is 0 Å². The van der Waals surface area contributed by atoms with E-state index in [9.17, 15) is 4.79 Å². The van der Waals surface area contributed by atoms with Gasteiger partial charge in [0.05, 0.1) is 12.2 Å². The molecule has 0 saturated heterocycles. The average Bonchev–Trinajstić information content (AvgIpc) is 3.11. The lowest BCUT2D eigenvalue weighted by Gasteiger charge is -2.23. The van der Waals surface area contributed by atoms with Crippen molar-refractivity contribution in [2.75, 3.05) is 11.4 Å². The van der Waals surface area contributed by atoms with E-state index >= 15 is 0 Å². The first-order valence-electron chi connectivity index (χ1n) is 9.85. The maximum Gasteiger partial charge on any atom is 0.275 e. The van der Waals surface area contributed by atoms with Crippen LogP contribution in [-0.4, -0.2) is 21.1 Å². The molecule has 5 nitrogen and oxygen atoms in total. The van der Waals surface area contributed by atoms with Crippen molar-refractivity contribution in [3.05, 3.63) is 57.0 Å². The number of nitrogens with zero attached hydrogens (tertiary/aromatic N) is 4. The van der Waals surface area contributed by atoms with Crippen LogP contribution in [0, 0.1) is 6.92 Å². The van der Waals surface area contributed by atoms with Crippen LogP contribution in [0.2, 0.25) is 0 Å². The van der Waals surface area contributed by atoms with E-state index in [-0.39, 0.29) is 5.56 Å². The summed E-state index contributed by atoms with van der Waals surface area (Å²) in [6, 6.07) is 10.1. The summed E-state index contributed by atoms with van der Waals surface area (Å²) in [6.45, 7) is 5.71. The highest BCUT2D eigenvalue weighted by atomic mass is 32.1. The predicted molar refractivity (Wildman–Crippen MR) is 111 cm³/mol. The van der Waals surface area contributed by atoms with E-state index in [4.69, 9.17) is 4.98 Å². The fourth-order valence-corrected chi connectivity index (χ4v) is 4.96. The molecule has 27 heavy (non-hydrogen) atoms. The molecule has 1 aliphatic carbocycles. The molecule has 1 aromatic carbocycles. The van der Waals surface area contributed by atoms with E-state index in [0.717, 1.165) is 27.9 Å². The second-order valence-electron chi connectivity index (χ2n) is 7.41. The lowest BCUT2D eigenvalue weighted by atomic mass is 9.90. The van der Waals surface area contributed by atoms with Crippen LogP contribution in [0.25, 0.3) is 4.96 Å². The van der Waals surface area contributed by atoms with Crippen LogP contribution in [0.1, 0.15) is 61.2 Å². The molecule has 1 fully saturated rings. The first-order chi connectivity index (χ1) is 13.1. The monoisotopic (exact) mass is 382 g/mol. The van der Waals surface area contributed by atoms with E-state index in [1.807, 2.05) is 0 Å². The molecule has 0 N–H and O–H groups in total. The fraction of sp³-hybridized carbons (Fsp3) is 0.476. The molecule has 142 valence electrons. The van der Waals surface area contributed by atoms with Crippen LogP contribution in [0.15, 0.2) is 35.1 Å². The number of fused-ring (bicyclic) bond motifs is 1. The standard InChI is InChI=1S/C21H26N4OS/c1-3-24(18-11-7-8-15(2)12-18)14-17-13-19(26)25-21(22-17)27-20(23-25)16-9-5-4-6-10-16/h7-8,11-13,16H,3-6,9-10,14H2,1-2H3. The number of aryl methyl sites for hydroxylation is 1. The Morgan fingerprint density at radius 1 is 1.22 bits per heavy atom. The maximum atomic E-state index is 12.6. The molecule has 3 aromatic rings. The quantitative estimate of drug-likeness (QED) is 0.650. The van der Waals surface area contributed by atoms with Gasteiger partial charge in [-0.2, -0.15) is 9.61 Å². The largest absolute Gasteiger partial charge is 0.366 e. The Labute approximate surface area is 163 Å². The van der Waals surface area contributed by atoms with Gasteiger partial charge in [0.2, 0.25) is 4.96 Å². The number of aromatic nitrogens is 3. The molecule has 0 bridgehead atoms. The topological polar surface area (TPSA) is 50.5 Å². The Kier molecular flexibility index (Phi) is 5.25. The van der Waals surface area contributed by atoms with Gasteiger partial charge in [0.25, 0.3) is 5.56 Å². The molecule has 1 saturated carbocycles. The molecule has 6 heteroatoms. The van der Waals surface area contributed by atoms with Gasteiger partial charge in [0.1, 0.15) is 5.01 Å². The van der Waals surface area contributed by atoms with Crippen LogP contribution in [0.4, 0.5) is 5.69 Å². The highest BCUT2D eigenvalue weighted by Gasteiger charge is 2.21. The molecule has 4 rings (SSSR count). The average molecular weight is 383 g/mol. The van der Waals surface area contributed by atoms with Gasteiger partial charge >= 0.3 is 0 Å². The van der Waals surface area contributed by atoms with Crippen LogP contribution < -0.4 is 10.5 Å². The van der Waals surface area contributed by atoms with Crippen molar-refractivity contribution >= 4 is 22.0 Å². The van der Waals surface area contributed by atoms with E-state index in [2.05, 4.69) is 48.1 Å². The van der Waals surface area contributed by atoms with Crippen LogP contribution in [-0.2, 0) is 6.54 Å². The van der Waals surface area contributed by atoms with Gasteiger partial charge < -0.3 is 4.90 Å². The van der Waals surface area contributed by atoms with E-state index < -0.39 is 0 Å². The number of anilines is 1. The second kappa shape index (κ2) is 7.80. The Hall–Kier alpha value is -2.21. The number of hydrogen-bond donors (Lipinski definition) is 0. The minimum Gasteiger partial charge on any atom is -0.366 e. The van der Waals surface area contributed by atoms with Gasteiger partial charge in [-0.3, -0.25) is 4.79 Å². The Bertz CT molecular complexity index is 987. The van der Waals surface area contributed by atoms with Crippen molar-refractivity contribution in [2.45, 2.75) is 58.4 Å². The van der Waals surface area contributed by atoms with Gasteiger partial charge in [0.15, 0.2) is 0 Å². The molecule has 0 aliphatic heterocycles. The summed E-state index contributed by atoms with van der Waals surface area (Å²) in [6.07, 6.45) is 6.19. The molecule has 2 heterocycles. The van der Waals surface area contributed by atoms with Crippen LogP contribution >= 0.6 is 11.3 Å². The Morgan fingerprint density at radius 3 is 2.78 bits per heavy atom. The molecular formula is C21H26N4OS. The summed E-state index contributed by atoms with van der Waals surface area (Å²) in [7, 11) is 0. The zero-order chi connectivity index (χ0) is 18.8. The number of benzene rings is 1. The van der Waals surface area contributed by atoms with Gasteiger partial charge in [-0.1, -0.05) is 42.7 Å². The molecule has 2 aromatic heterocycles. The summed E-state index contributed by atoms with van der Waals surface area (Å²) < 4.78 is 1.49. The van der Waals surface area contributed by atoms with Gasteiger partial charge in [-0.25, -0.2) is 4.98 Å². The van der Waals surface area contributed by atoms with Crippen molar-refractivity contribution in [1.82, 2.24) is 14.6 Å². The Morgan fingerprint density at radius 2 is 2.04 bits per heavy atom. The van der Waals surface area contributed by atoms with Crippen molar-refractivity contribution in [3.8, 4) is 0 Å². The lowest BCUT2D eigenvalue weighted by Crippen LogP contribution is -2.25. The molecular weight excluding hydrogens is 356 g/mol. The molecule has 0 radical (unpaired) electrons. The number of hydrogen-bond acceptors (Lipinski definition) is 5. The van der Waals surface area contributed by atoms with Gasteiger partial charge in [-0.15, -0.1) is 0 Å². The minimum atomic E-state index is -0.0754. The summed E-state index contributed by atoms with van der Waals surface area (Å²) >= 11 is 1.59. The normalized spacial score (nSPS) is 15.3. The summed E-state index contributed by atoms with van der Waals surface area (Å²) in [5, 5.41) is 5.66. The number of rotatable bonds is 5. The highest BCUT2D eigenvalue weighted by molar-refractivity contribution is 7.16. The maximum absolute atomic E-state index is 12.6. The minimum absolute atomic E-state index is 0.0754. The first kappa shape index (κ1) is 18.2. The zero-order valence-corrected chi connectivity index (χ0v) is 16.8. The molecule has 0 spiro atoms. The van der Waals surface area contributed by atoms with E-state index in [1.165, 1.54) is 42.2 Å². The highest BCUT2D eigenvalue weighted by Crippen LogP contribution is 2.34. The molecule has 0 unspecified atom stereocenters. The predicted octanol–water partition coefficient (Wildman–Crippen LogP) is 4.53. The smallest absolute Gasteiger partial charge is 0.275 e. The third-order valence-corrected chi connectivity index (χ3v) is 6.44. The molecule has 1 aliphatic rings. The van der Waals surface area contributed by atoms with Crippen molar-refractivity contribution in [3.63, 3.8) is 0 Å². The Balaban J connectivity index is 1.63. The zero-order valence-electron chi connectivity index (χ0n) is 16.0. The third-order valence-electron chi connectivity index (χ3n) is 5.37. The van der Waals surface area contributed by atoms with E-state index in [0.29, 0.717) is 12.5 Å². The third kappa shape index (κ3) is 3.90. The van der Waals surface area contributed by atoms with E-state index in [1.54, 1.807) is 17.4 Å². The summed E-state index contributed by atoms with van der Waals surface area (Å²) in [4.78, 5) is 20.3. The van der Waals surface area contributed by atoms with Crippen molar-refractivity contribution in [2.24, 2.45) is 0 Å². The van der Waals surface area contributed by atoms with Gasteiger partial charge in [-0.05, 0) is 44.4 Å². The van der Waals surface area contributed by atoms with Gasteiger partial charge in [0, 0.05) is 24.2 Å². The fourth-order valence-electron chi connectivity index (χ4n) is 3.87.